The van der Waals surface area contributed by atoms with Gasteiger partial charge in [-0.1, -0.05) is 6.07 Å². The van der Waals surface area contributed by atoms with Gasteiger partial charge in [-0.05, 0) is 6.07 Å². The van der Waals surface area contributed by atoms with Crippen molar-refractivity contribution in [2.45, 2.75) is 0 Å². The van der Waals surface area contributed by atoms with Gasteiger partial charge in [0.15, 0.2) is 17.2 Å². The quantitative estimate of drug-likeness (QED) is 0.446. The first-order valence-electron chi connectivity index (χ1n) is 3.66. The number of fused-ring (bicyclic) bond motifs is 1. The maximum Gasteiger partial charge on any atom is 0.198 e. The van der Waals surface area contributed by atoms with Gasteiger partial charge in [0, 0.05) is 6.07 Å². The van der Waals surface area contributed by atoms with Gasteiger partial charge in [0.05, 0.1) is 5.52 Å². The molecule has 1 atom stereocenters. The molecule has 6 nitrogen and oxygen atoms in total. The number of nitrogen functional groups attached to an aromatic ring is 1. The Morgan fingerprint density at radius 3 is 3.00 bits per heavy atom. The lowest BCUT2D eigenvalue weighted by molar-refractivity contribution is -0.990. The molecule has 2 rings (SSSR count). The predicted molar refractivity (Wildman–Crippen MR) is 46.3 cm³/mol. The molecule has 2 aromatic rings. The molecule has 6 heteroatoms. The first-order valence-corrected chi connectivity index (χ1v) is 3.66. The fourth-order valence-corrected chi connectivity index (χ4v) is 1.22. The molecule has 1 unspecified atom stereocenters. The fraction of sp³-hybridized carbons (Fsp3) is 0. The SMILES string of the molecule is Nc1nc2c([NH+]([O-])O)cccc2[nH]1. The average molecular weight is 180 g/mol. The number of nitrogens with one attached hydrogen (secondary N) is 2. The molecule has 0 amide bonds. The summed E-state index contributed by atoms with van der Waals surface area (Å²) in [6.07, 6.45) is 0. The molecular weight excluding hydrogens is 172 g/mol. The molecule has 0 bridgehead atoms. The molecule has 0 saturated carbocycles. The van der Waals surface area contributed by atoms with Crippen LogP contribution in [0, 0.1) is 5.21 Å². The van der Waals surface area contributed by atoms with Crippen LogP contribution in [-0.2, 0) is 0 Å². The first kappa shape index (κ1) is 7.99. The van der Waals surface area contributed by atoms with Gasteiger partial charge in [-0.25, -0.2) is 10.2 Å². The second-order valence-electron chi connectivity index (χ2n) is 2.63. The number of nitrogens with zero attached hydrogens (tertiary/aromatic N) is 1. The van der Waals surface area contributed by atoms with Crippen LogP contribution in [0.15, 0.2) is 18.2 Å². The molecule has 0 spiro atoms. The summed E-state index contributed by atoms with van der Waals surface area (Å²) in [5, 5.41) is 18.5. The number of rotatable bonds is 1. The number of hydrogen-bond donors (Lipinski definition) is 4. The molecule has 0 radical (unpaired) electrons. The number of aromatic amines is 1. The number of quaternary nitrogens is 1. The van der Waals surface area contributed by atoms with Gasteiger partial charge >= 0.3 is 0 Å². The number of nitrogens with two attached hydrogens (primary N) is 1. The molecule has 0 aliphatic rings. The third kappa shape index (κ3) is 1.22. The highest BCUT2D eigenvalue weighted by Gasteiger charge is 2.09. The van der Waals surface area contributed by atoms with Crippen molar-refractivity contribution in [2.24, 2.45) is 0 Å². The Hall–Kier alpha value is -1.63. The second-order valence-corrected chi connectivity index (χ2v) is 2.63. The Morgan fingerprint density at radius 2 is 2.31 bits per heavy atom. The van der Waals surface area contributed by atoms with E-state index in [9.17, 15) is 5.21 Å². The lowest BCUT2D eigenvalue weighted by Crippen LogP contribution is -2.99. The van der Waals surface area contributed by atoms with Crippen LogP contribution in [0.25, 0.3) is 11.0 Å². The molecule has 0 aliphatic carbocycles. The first-order chi connectivity index (χ1) is 6.18. The van der Waals surface area contributed by atoms with Gasteiger partial charge in [0.25, 0.3) is 0 Å². The zero-order valence-electron chi connectivity index (χ0n) is 6.61. The molecule has 1 heterocycles. The maximum atomic E-state index is 10.7. The lowest BCUT2D eigenvalue weighted by Gasteiger charge is -2.10. The number of H-pyrrole nitrogens is 1. The van der Waals surface area contributed by atoms with E-state index in [1.807, 2.05) is 0 Å². The van der Waals surface area contributed by atoms with E-state index in [0.717, 1.165) is 0 Å². The van der Waals surface area contributed by atoms with E-state index in [-0.39, 0.29) is 11.6 Å². The van der Waals surface area contributed by atoms with Crippen LogP contribution in [0.2, 0.25) is 0 Å². The molecule has 0 aliphatic heterocycles. The summed E-state index contributed by atoms with van der Waals surface area (Å²) < 4.78 is 0. The number of hydrogen-bond acceptors (Lipinski definition) is 4. The van der Waals surface area contributed by atoms with Crippen molar-refractivity contribution < 1.29 is 10.4 Å². The van der Waals surface area contributed by atoms with E-state index < -0.39 is 5.23 Å². The van der Waals surface area contributed by atoms with E-state index in [0.29, 0.717) is 11.0 Å². The summed E-state index contributed by atoms with van der Waals surface area (Å²) in [5.74, 6) is 0.226. The minimum Gasteiger partial charge on any atom is -0.595 e. The fourth-order valence-electron chi connectivity index (χ4n) is 1.22. The van der Waals surface area contributed by atoms with Gasteiger partial charge in [-0.3, -0.25) is 0 Å². The van der Waals surface area contributed by atoms with E-state index in [1.54, 1.807) is 12.1 Å². The number of aromatic nitrogens is 2. The largest absolute Gasteiger partial charge is 0.595 e. The summed E-state index contributed by atoms with van der Waals surface area (Å²) in [7, 11) is 0. The molecule has 68 valence electrons. The van der Waals surface area contributed by atoms with Crippen LogP contribution in [0.4, 0.5) is 11.6 Å². The van der Waals surface area contributed by atoms with E-state index in [4.69, 9.17) is 10.9 Å². The van der Waals surface area contributed by atoms with E-state index in [1.165, 1.54) is 6.07 Å². The van der Waals surface area contributed by atoms with Crippen molar-refractivity contribution in [2.75, 3.05) is 5.73 Å². The van der Waals surface area contributed by atoms with Crippen molar-refractivity contribution in [3.8, 4) is 0 Å². The van der Waals surface area contributed by atoms with E-state index in [2.05, 4.69) is 9.97 Å². The van der Waals surface area contributed by atoms with Crippen molar-refractivity contribution in [3.63, 3.8) is 0 Å². The van der Waals surface area contributed by atoms with Crippen LogP contribution >= 0.6 is 0 Å². The number of anilines is 1. The van der Waals surface area contributed by atoms with Crippen LogP contribution in [0.3, 0.4) is 0 Å². The van der Waals surface area contributed by atoms with Crippen molar-refractivity contribution in [3.05, 3.63) is 23.4 Å². The summed E-state index contributed by atoms with van der Waals surface area (Å²) in [4.78, 5) is 6.63. The molecule has 1 aromatic heterocycles. The zero-order chi connectivity index (χ0) is 9.42. The number of imidazole rings is 1. The second kappa shape index (κ2) is 2.70. The lowest BCUT2D eigenvalue weighted by atomic mass is 10.3. The smallest absolute Gasteiger partial charge is 0.198 e. The summed E-state index contributed by atoms with van der Waals surface area (Å²) in [5.41, 5.74) is 6.59. The standard InChI is InChI=1S/C7H8N4O2/c8-7-9-4-2-1-3-5(11(12)13)6(4)10-7/h1-3,11-12H,(H3,8,9,10). The Morgan fingerprint density at radius 1 is 1.54 bits per heavy atom. The Kier molecular flexibility index (Phi) is 1.66. The van der Waals surface area contributed by atoms with Crippen LogP contribution in [0.1, 0.15) is 0 Å². The molecule has 13 heavy (non-hydrogen) atoms. The third-order valence-electron chi connectivity index (χ3n) is 1.76. The third-order valence-corrected chi connectivity index (χ3v) is 1.76. The van der Waals surface area contributed by atoms with Crippen LogP contribution < -0.4 is 11.0 Å². The molecule has 1 aromatic carbocycles. The predicted octanol–water partition coefficient (Wildman–Crippen LogP) is -0.451. The average Bonchev–Trinajstić information content (AvgIpc) is 2.43. The highest BCUT2D eigenvalue weighted by molar-refractivity contribution is 5.85. The zero-order valence-corrected chi connectivity index (χ0v) is 6.61. The van der Waals surface area contributed by atoms with Gasteiger partial charge < -0.3 is 15.9 Å². The Labute approximate surface area is 73.1 Å². The topological polar surface area (TPSA) is 102 Å². The monoisotopic (exact) mass is 180 g/mol. The van der Waals surface area contributed by atoms with Crippen LogP contribution in [0.5, 0.6) is 0 Å². The summed E-state index contributed by atoms with van der Waals surface area (Å²) >= 11 is 0. The van der Waals surface area contributed by atoms with Gasteiger partial charge in [-0.2, -0.15) is 5.23 Å². The minimum absolute atomic E-state index is 0.158. The normalized spacial score (nSPS) is 13.4. The summed E-state index contributed by atoms with van der Waals surface area (Å²) in [6, 6.07) is 4.86. The molecule has 5 N–H and O–H groups in total. The molecule has 0 fully saturated rings. The maximum absolute atomic E-state index is 10.7. The van der Waals surface area contributed by atoms with E-state index >= 15 is 0 Å². The Bertz CT molecular complexity index is 437. The van der Waals surface area contributed by atoms with Gasteiger partial charge in [0.1, 0.15) is 0 Å². The highest BCUT2D eigenvalue weighted by Crippen LogP contribution is 2.18. The van der Waals surface area contributed by atoms with Crippen LogP contribution in [-0.4, -0.2) is 15.2 Å². The number of para-hydroxylation sites is 1. The molecule has 0 saturated heterocycles. The van der Waals surface area contributed by atoms with Gasteiger partial charge in [0.2, 0.25) is 0 Å². The Balaban J connectivity index is 2.75. The minimum atomic E-state index is -1.00. The summed E-state index contributed by atoms with van der Waals surface area (Å²) in [6.45, 7) is 0. The van der Waals surface area contributed by atoms with Crippen molar-refractivity contribution >= 4 is 22.7 Å². The number of benzene rings is 1. The van der Waals surface area contributed by atoms with Crippen molar-refractivity contribution in [1.29, 1.82) is 0 Å². The van der Waals surface area contributed by atoms with Crippen molar-refractivity contribution in [1.82, 2.24) is 9.97 Å². The highest BCUT2D eigenvalue weighted by atomic mass is 16.8. The molecular formula is C7H8N4O2. The van der Waals surface area contributed by atoms with Gasteiger partial charge in [-0.15, -0.1) is 0 Å².